The summed E-state index contributed by atoms with van der Waals surface area (Å²) in [5, 5.41) is 16.3. The lowest BCUT2D eigenvalue weighted by Gasteiger charge is -2.03. The third kappa shape index (κ3) is 2.27. The van der Waals surface area contributed by atoms with Gasteiger partial charge in [0.1, 0.15) is 5.01 Å². The van der Waals surface area contributed by atoms with Crippen LogP contribution in [0.2, 0.25) is 0 Å². The third-order valence-electron chi connectivity index (χ3n) is 1.94. The van der Waals surface area contributed by atoms with E-state index in [1.54, 1.807) is 0 Å². The molecule has 0 saturated heterocycles. The second-order valence-corrected chi connectivity index (χ2v) is 4.71. The molecule has 2 aromatic rings. The molecule has 0 spiro atoms. The first-order valence-electron chi connectivity index (χ1n) is 4.24. The largest absolute Gasteiger partial charge is 0.478 e. The van der Waals surface area contributed by atoms with Crippen LogP contribution in [0.3, 0.4) is 0 Å². The van der Waals surface area contributed by atoms with Crippen molar-refractivity contribution >= 4 is 29.9 Å². The highest BCUT2D eigenvalue weighted by Gasteiger charge is 2.19. The summed E-state index contributed by atoms with van der Waals surface area (Å²) in [5.74, 6) is -3.72. The van der Waals surface area contributed by atoms with E-state index in [2.05, 4.69) is 22.8 Å². The van der Waals surface area contributed by atoms with E-state index in [1.807, 2.05) is 0 Å². The number of aromatic nitrogens is 2. The van der Waals surface area contributed by atoms with Crippen molar-refractivity contribution in [2.24, 2.45) is 0 Å². The quantitative estimate of drug-likeness (QED) is 0.826. The fourth-order valence-electron chi connectivity index (χ4n) is 1.23. The summed E-state index contributed by atoms with van der Waals surface area (Å²) in [6.07, 6.45) is 0. The summed E-state index contributed by atoms with van der Waals surface area (Å²) in [7, 11) is 0. The topological polar surface area (TPSA) is 63.1 Å². The summed E-state index contributed by atoms with van der Waals surface area (Å²) in [5.41, 5.74) is -0.386. The predicted molar refractivity (Wildman–Crippen MR) is 59.5 cm³/mol. The number of carboxylic acids is 1. The van der Waals surface area contributed by atoms with Crippen LogP contribution in [0, 0.1) is 11.6 Å². The van der Waals surface area contributed by atoms with E-state index in [0.717, 1.165) is 17.4 Å². The van der Waals surface area contributed by atoms with Crippen molar-refractivity contribution < 1.29 is 18.7 Å². The van der Waals surface area contributed by atoms with Crippen molar-refractivity contribution in [3.8, 4) is 10.6 Å². The van der Waals surface area contributed by atoms with E-state index >= 15 is 0 Å². The second kappa shape index (κ2) is 4.38. The van der Waals surface area contributed by atoms with Gasteiger partial charge in [-0.3, -0.25) is 0 Å². The maximum atomic E-state index is 13.1. The number of rotatable bonds is 2. The van der Waals surface area contributed by atoms with Crippen LogP contribution in [0.15, 0.2) is 16.5 Å². The molecule has 1 heterocycles. The van der Waals surface area contributed by atoms with Crippen molar-refractivity contribution in [3.05, 3.63) is 29.3 Å². The second-order valence-electron chi connectivity index (χ2n) is 3.01. The van der Waals surface area contributed by atoms with Crippen molar-refractivity contribution in [1.82, 2.24) is 10.2 Å². The standard InChI is InChI=1S/C9H4F2N2O2S2/c10-5-1-3(7-12-13-9(16)17-7)4(8(14)15)2-6(5)11/h1-2H,(H,13,16)(H,14,15). The molecule has 0 bridgehead atoms. The fourth-order valence-corrected chi connectivity index (χ4v) is 2.14. The Hall–Kier alpha value is -1.54. The van der Waals surface area contributed by atoms with Gasteiger partial charge in [-0.15, -0.1) is 22.8 Å². The average molecular weight is 274 g/mol. The summed E-state index contributed by atoms with van der Waals surface area (Å²) in [6.45, 7) is 0. The Kier molecular flexibility index (Phi) is 3.07. The number of nitrogens with zero attached hydrogens (tertiary/aromatic N) is 2. The van der Waals surface area contributed by atoms with Gasteiger partial charge in [0.2, 0.25) is 0 Å². The molecule has 1 aromatic carbocycles. The maximum absolute atomic E-state index is 13.1. The lowest BCUT2D eigenvalue weighted by atomic mass is 10.1. The Balaban J connectivity index is 2.67. The van der Waals surface area contributed by atoms with Crippen LogP contribution in [0.25, 0.3) is 10.6 Å². The predicted octanol–water partition coefficient (Wildman–Crippen LogP) is 2.47. The SMILES string of the molecule is O=C(O)c1cc(F)c(F)cc1-c1nnc(S)s1. The van der Waals surface area contributed by atoms with Crippen LogP contribution in [0.4, 0.5) is 8.78 Å². The van der Waals surface area contributed by atoms with Crippen LogP contribution in [0.1, 0.15) is 10.4 Å². The minimum atomic E-state index is -1.37. The molecule has 2 rings (SSSR count). The number of thiol groups is 1. The minimum absolute atomic E-state index is 0.0193. The molecule has 17 heavy (non-hydrogen) atoms. The van der Waals surface area contributed by atoms with Gasteiger partial charge < -0.3 is 5.11 Å². The van der Waals surface area contributed by atoms with E-state index < -0.39 is 17.6 Å². The molecule has 4 nitrogen and oxygen atoms in total. The lowest BCUT2D eigenvalue weighted by Crippen LogP contribution is -2.02. The summed E-state index contributed by atoms with van der Waals surface area (Å²) in [4.78, 5) is 10.9. The van der Waals surface area contributed by atoms with Crippen LogP contribution < -0.4 is 0 Å². The number of carboxylic acid groups (broad SMARTS) is 1. The molecule has 0 fully saturated rings. The van der Waals surface area contributed by atoms with Gasteiger partial charge in [-0.2, -0.15) is 0 Å². The fraction of sp³-hybridized carbons (Fsp3) is 0. The van der Waals surface area contributed by atoms with E-state index in [1.165, 1.54) is 0 Å². The first-order valence-corrected chi connectivity index (χ1v) is 5.50. The molecular formula is C9H4F2N2O2S2. The van der Waals surface area contributed by atoms with E-state index in [-0.39, 0.29) is 16.1 Å². The Labute approximate surface area is 103 Å². The van der Waals surface area contributed by atoms with E-state index in [0.29, 0.717) is 10.4 Å². The first kappa shape index (κ1) is 11.9. The number of hydrogen-bond donors (Lipinski definition) is 2. The van der Waals surface area contributed by atoms with Gasteiger partial charge in [-0.25, -0.2) is 13.6 Å². The minimum Gasteiger partial charge on any atom is -0.478 e. The third-order valence-corrected chi connectivity index (χ3v) is 3.06. The van der Waals surface area contributed by atoms with Gasteiger partial charge in [0.05, 0.1) is 5.56 Å². The van der Waals surface area contributed by atoms with Gasteiger partial charge in [-0.05, 0) is 12.1 Å². The number of benzene rings is 1. The Morgan fingerprint density at radius 1 is 1.29 bits per heavy atom. The zero-order chi connectivity index (χ0) is 12.6. The van der Waals surface area contributed by atoms with Crippen LogP contribution in [-0.2, 0) is 0 Å². The Bertz CT molecular complexity index is 601. The van der Waals surface area contributed by atoms with Gasteiger partial charge in [0, 0.05) is 5.56 Å². The molecule has 1 aromatic heterocycles. The highest BCUT2D eigenvalue weighted by molar-refractivity contribution is 7.82. The Morgan fingerprint density at radius 3 is 2.47 bits per heavy atom. The molecule has 1 N–H and O–H groups in total. The average Bonchev–Trinajstić information content (AvgIpc) is 2.68. The normalized spacial score (nSPS) is 10.5. The van der Waals surface area contributed by atoms with Gasteiger partial charge in [-0.1, -0.05) is 11.3 Å². The summed E-state index contributed by atoms with van der Waals surface area (Å²) < 4.78 is 26.3. The van der Waals surface area contributed by atoms with E-state index in [9.17, 15) is 13.6 Å². The van der Waals surface area contributed by atoms with Crippen LogP contribution >= 0.6 is 24.0 Å². The number of halogens is 2. The number of aromatic carboxylic acids is 1. The number of hydrogen-bond acceptors (Lipinski definition) is 5. The van der Waals surface area contributed by atoms with Gasteiger partial charge in [0.15, 0.2) is 16.0 Å². The monoisotopic (exact) mass is 274 g/mol. The highest BCUT2D eigenvalue weighted by Crippen LogP contribution is 2.29. The lowest BCUT2D eigenvalue weighted by molar-refractivity contribution is 0.0697. The van der Waals surface area contributed by atoms with Crippen LogP contribution in [0.5, 0.6) is 0 Å². The molecule has 0 unspecified atom stereocenters. The molecule has 0 aliphatic rings. The molecule has 0 saturated carbocycles. The molecule has 0 aliphatic heterocycles. The Morgan fingerprint density at radius 2 is 1.94 bits per heavy atom. The number of carbonyl (C=O) groups is 1. The van der Waals surface area contributed by atoms with Crippen molar-refractivity contribution in [2.75, 3.05) is 0 Å². The summed E-state index contributed by atoms with van der Waals surface area (Å²) >= 11 is 4.89. The van der Waals surface area contributed by atoms with Crippen molar-refractivity contribution in [3.63, 3.8) is 0 Å². The molecular weight excluding hydrogens is 270 g/mol. The van der Waals surface area contributed by atoms with Gasteiger partial charge in [0.25, 0.3) is 0 Å². The molecule has 88 valence electrons. The first-order chi connectivity index (χ1) is 7.99. The molecule has 0 aliphatic carbocycles. The zero-order valence-corrected chi connectivity index (χ0v) is 9.73. The maximum Gasteiger partial charge on any atom is 0.336 e. The zero-order valence-electron chi connectivity index (χ0n) is 8.02. The smallest absolute Gasteiger partial charge is 0.336 e. The van der Waals surface area contributed by atoms with Gasteiger partial charge >= 0.3 is 5.97 Å². The molecule has 0 atom stereocenters. The molecule has 0 radical (unpaired) electrons. The van der Waals surface area contributed by atoms with Crippen molar-refractivity contribution in [1.29, 1.82) is 0 Å². The van der Waals surface area contributed by atoms with Crippen molar-refractivity contribution in [2.45, 2.75) is 4.34 Å². The molecule has 0 amide bonds. The highest BCUT2D eigenvalue weighted by atomic mass is 32.2. The summed E-state index contributed by atoms with van der Waals surface area (Å²) in [6, 6.07) is 1.40. The van der Waals surface area contributed by atoms with E-state index in [4.69, 9.17) is 5.11 Å². The van der Waals surface area contributed by atoms with Crippen LogP contribution in [-0.4, -0.2) is 21.3 Å². The molecule has 8 heteroatoms.